The monoisotopic (exact) mass is 338 g/mol. The van der Waals surface area contributed by atoms with Gasteiger partial charge in [-0.25, -0.2) is 0 Å². The molecule has 0 fully saturated rings. The summed E-state index contributed by atoms with van der Waals surface area (Å²) in [6, 6.07) is 16.9. The average Bonchev–Trinajstić information content (AvgIpc) is 2.47. The van der Waals surface area contributed by atoms with E-state index in [1.807, 2.05) is 6.08 Å². The number of rotatable bonds is 4. The lowest BCUT2D eigenvalue weighted by atomic mass is 9.93. The largest absolute Gasteiger partial charge is 0.0984 e. The van der Waals surface area contributed by atoms with Gasteiger partial charge in [0.25, 0.3) is 0 Å². The Balaban J connectivity index is 2.65. The first kappa shape index (κ1) is 15.5. The van der Waals surface area contributed by atoms with Gasteiger partial charge in [-0.2, -0.15) is 0 Å². The highest BCUT2D eigenvalue weighted by Gasteiger charge is 2.11. The van der Waals surface area contributed by atoms with Gasteiger partial charge in [0, 0.05) is 10.1 Å². The molecular weight excluding hydrogens is 320 g/mol. The Morgan fingerprint density at radius 3 is 1.67 bits per heavy atom. The Hall–Kier alpha value is -1.86. The lowest BCUT2D eigenvalue weighted by Crippen LogP contribution is -1.91. The molecule has 0 nitrogen and oxygen atoms in total. The summed E-state index contributed by atoms with van der Waals surface area (Å²) < 4.78 is 0.863. The third-order valence-electron chi connectivity index (χ3n) is 3.45. The molecule has 2 aromatic rings. The quantitative estimate of drug-likeness (QED) is 0.452. The molecule has 0 heterocycles. The van der Waals surface area contributed by atoms with Crippen LogP contribution in [0.15, 0.2) is 72.2 Å². The zero-order valence-electron chi connectivity index (χ0n) is 12.5. The number of hydrogen-bond donors (Lipinski definition) is 0. The minimum absolute atomic E-state index is 0.863. The van der Waals surface area contributed by atoms with Crippen molar-refractivity contribution < 1.29 is 0 Å². The molecule has 0 N–H and O–H groups in total. The van der Waals surface area contributed by atoms with E-state index in [4.69, 9.17) is 0 Å². The first-order valence-electron chi connectivity index (χ1n) is 6.88. The van der Waals surface area contributed by atoms with Crippen molar-refractivity contribution in [2.75, 3.05) is 0 Å². The highest BCUT2D eigenvalue weighted by molar-refractivity contribution is 9.12. The van der Waals surface area contributed by atoms with Crippen LogP contribution in [0.5, 0.6) is 0 Å². The lowest BCUT2D eigenvalue weighted by Gasteiger charge is -2.13. The first-order valence-corrected chi connectivity index (χ1v) is 7.68. The summed E-state index contributed by atoms with van der Waals surface area (Å²) >= 11 is 3.55. The van der Waals surface area contributed by atoms with Gasteiger partial charge >= 0.3 is 0 Å². The second-order valence-electron chi connectivity index (χ2n) is 5.13. The molecule has 0 bridgehead atoms. The van der Waals surface area contributed by atoms with Gasteiger partial charge in [-0.15, -0.1) is 0 Å². The fourth-order valence-electron chi connectivity index (χ4n) is 2.28. The number of benzene rings is 2. The van der Waals surface area contributed by atoms with Crippen LogP contribution in [0, 0.1) is 13.8 Å². The molecule has 0 amide bonds. The van der Waals surface area contributed by atoms with E-state index in [1.54, 1.807) is 0 Å². The molecule has 0 aromatic heterocycles. The van der Waals surface area contributed by atoms with Gasteiger partial charge in [-0.05, 0) is 30.5 Å². The normalized spacial score (nSPS) is 11.8. The Morgan fingerprint density at radius 2 is 1.29 bits per heavy atom. The Kier molecular flexibility index (Phi) is 4.98. The van der Waals surface area contributed by atoms with Crippen LogP contribution in [0.2, 0.25) is 0 Å². The summed E-state index contributed by atoms with van der Waals surface area (Å²) in [5, 5.41) is 0. The standard InChI is InChI=1S/C20H19Br/c1-5-19(17-10-6-14(2)7-11-17)20(16(4)21)18-12-8-15(3)9-13-18/h5-13H,1,4H2,2-3H3/b20-19-. The first-order chi connectivity index (χ1) is 10.0. The fourth-order valence-corrected chi connectivity index (χ4v) is 2.72. The van der Waals surface area contributed by atoms with Gasteiger partial charge in [0.05, 0.1) is 0 Å². The number of hydrogen-bond acceptors (Lipinski definition) is 0. The van der Waals surface area contributed by atoms with Gasteiger partial charge in [-0.1, -0.05) is 94.8 Å². The zero-order chi connectivity index (χ0) is 15.4. The van der Waals surface area contributed by atoms with Crippen LogP contribution in [-0.4, -0.2) is 0 Å². The third-order valence-corrected chi connectivity index (χ3v) is 3.84. The summed E-state index contributed by atoms with van der Waals surface area (Å²) in [7, 11) is 0. The van der Waals surface area contributed by atoms with E-state index in [2.05, 4.69) is 91.5 Å². The third kappa shape index (κ3) is 3.62. The van der Waals surface area contributed by atoms with Crippen molar-refractivity contribution in [2.45, 2.75) is 13.8 Å². The van der Waals surface area contributed by atoms with Crippen LogP contribution in [0.3, 0.4) is 0 Å². The summed E-state index contributed by atoms with van der Waals surface area (Å²) in [6.07, 6.45) is 1.90. The molecule has 0 unspecified atom stereocenters. The van der Waals surface area contributed by atoms with Crippen molar-refractivity contribution in [3.8, 4) is 0 Å². The van der Waals surface area contributed by atoms with E-state index >= 15 is 0 Å². The second-order valence-corrected chi connectivity index (χ2v) is 6.09. The van der Waals surface area contributed by atoms with Crippen LogP contribution in [-0.2, 0) is 0 Å². The highest BCUT2D eigenvalue weighted by Crippen LogP contribution is 2.35. The molecule has 0 saturated heterocycles. The van der Waals surface area contributed by atoms with E-state index in [1.165, 1.54) is 11.1 Å². The fraction of sp³-hybridized carbons (Fsp3) is 0.100. The van der Waals surface area contributed by atoms with E-state index in [9.17, 15) is 0 Å². The molecule has 0 saturated carbocycles. The topological polar surface area (TPSA) is 0 Å². The summed E-state index contributed by atoms with van der Waals surface area (Å²) in [5.41, 5.74) is 6.93. The molecule has 0 radical (unpaired) electrons. The summed E-state index contributed by atoms with van der Waals surface area (Å²) in [6.45, 7) is 12.2. The molecule has 0 spiro atoms. The van der Waals surface area contributed by atoms with Crippen molar-refractivity contribution in [3.05, 3.63) is 94.5 Å². The van der Waals surface area contributed by atoms with E-state index in [-0.39, 0.29) is 0 Å². The predicted molar refractivity (Wildman–Crippen MR) is 97.4 cm³/mol. The van der Waals surface area contributed by atoms with Crippen molar-refractivity contribution in [2.24, 2.45) is 0 Å². The van der Waals surface area contributed by atoms with E-state index in [0.717, 1.165) is 26.8 Å². The maximum atomic E-state index is 4.08. The maximum absolute atomic E-state index is 4.08. The van der Waals surface area contributed by atoms with Crippen LogP contribution < -0.4 is 0 Å². The molecule has 2 rings (SSSR count). The SMILES string of the molecule is C=C/C(=C(\C(=C)Br)c1ccc(C)cc1)c1ccc(C)cc1. The minimum atomic E-state index is 0.863. The Bertz CT molecular complexity index is 686. The van der Waals surface area contributed by atoms with Crippen molar-refractivity contribution in [1.82, 2.24) is 0 Å². The molecule has 0 atom stereocenters. The van der Waals surface area contributed by atoms with Gasteiger partial charge in [0.2, 0.25) is 0 Å². The van der Waals surface area contributed by atoms with Crippen LogP contribution in [0.25, 0.3) is 11.1 Å². The predicted octanol–water partition coefficient (Wildman–Crippen LogP) is 6.31. The molecule has 106 valence electrons. The number of aryl methyl sites for hydroxylation is 2. The van der Waals surface area contributed by atoms with Crippen molar-refractivity contribution in [3.63, 3.8) is 0 Å². The summed E-state index contributed by atoms with van der Waals surface area (Å²) in [4.78, 5) is 0. The van der Waals surface area contributed by atoms with Crippen molar-refractivity contribution in [1.29, 1.82) is 0 Å². The molecular formula is C20H19Br. The summed E-state index contributed by atoms with van der Waals surface area (Å²) in [5.74, 6) is 0. The molecule has 21 heavy (non-hydrogen) atoms. The molecule has 1 heteroatoms. The lowest BCUT2D eigenvalue weighted by molar-refractivity contribution is 1.44. The number of halogens is 1. The van der Waals surface area contributed by atoms with Crippen LogP contribution >= 0.6 is 15.9 Å². The van der Waals surface area contributed by atoms with Crippen LogP contribution in [0.4, 0.5) is 0 Å². The second kappa shape index (κ2) is 6.73. The van der Waals surface area contributed by atoms with E-state index in [0.29, 0.717) is 0 Å². The number of allylic oxidation sites excluding steroid dienone is 4. The van der Waals surface area contributed by atoms with Gasteiger partial charge in [-0.3, -0.25) is 0 Å². The zero-order valence-corrected chi connectivity index (χ0v) is 14.1. The smallest absolute Gasteiger partial charge is 0.0188 e. The van der Waals surface area contributed by atoms with Gasteiger partial charge < -0.3 is 0 Å². The molecule has 0 aliphatic heterocycles. The molecule has 0 aliphatic rings. The molecule has 0 aliphatic carbocycles. The van der Waals surface area contributed by atoms with Gasteiger partial charge in [0.1, 0.15) is 0 Å². The van der Waals surface area contributed by atoms with Crippen molar-refractivity contribution >= 4 is 27.1 Å². The Morgan fingerprint density at radius 1 is 0.857 bits per heavy atom. The minimum Gasteiger partial charge on any atom is -0.0984 e. The van der Waals surface area contributed by atoms with E-state index < -0.39 is 0 Å². The highest BCUT2D eigenvalue weighted by atomic mass is 79.9. The Labute approximate surface area is 135 Å². The average molecular weight is 339 g/mol. The maximum Gasteiger partial charge on any atom is 0.0188 e. The molecule has 2 aromatic carbocycles. The van der Waals surface area contributed by atoms with Gasteiger partial charge in [0.15, 0.2) is 0 Å². The van der Waals surface area contributed by atoms with Crippen LogP contribution in [0.1, 0.15) is 22.3 Å².